The van der Waals surface area contributed by atoms with Crippen molar-refractivity contribution in [2.45, 2.75) is 102 Å². The molecule has 6 aliphatic heterocycles. The first-order valence-corrected chi connectivity index (χ1v) is 34.2. The highest BCUT2D eigenvalue weighted by Gasteiger charge is 2.31. The van der Waals surface area contributed by atoms with E-state index >= 15 is 0 Å². The van der Waals surface area contributed by atoms with Crippen molar-refractivity contribution >= 4 is 44.7 Å². The molecule has 6 fully saturated rings. The predicted molar refractivity (Wildman–Crippen MR) is 370 cm³/mol. The van der Waals surface area contributed by atoms with Gasteiger partial charge >= 0.3 is 6.09 Å². The number of fused-ring (bicyclic) bond motifs is 3. The molecule has 6 saturated heterocycles. The van der Waals surface area contributed by atoms with Gasteiger partial charge in [-0.15, -0.1) is 0 Å². The van der Waals surface area contributed by atoms with Gasteiger partial charge in [0, 0.05) is 159 Å². The molecule has 6 aromatic heterocycles. The third kappa shape index (κ3) is 16.5. The van der Waals surface area contributed by atoms with E-state index in [4.69, 9.17) is 33.9 Å². The second-order valence-corrected chi connectivity index (χ2v) is 27.1. The molecule has 0 radical (unpaired) electrons. The standard InChI is InChI=1S/C27H35N5O3.C25H29N5O2.C22H27N5O/c1-27(2,3)35-26(33)32-10-4-5-21(18-32)23-15-22-16-28-30-25(22)24(29-23)20-8-6-19(7-9-20)17-31-11-13-34-14-12-31;1-2-23(31)30-9-3-4-20(17-30)22-14-21-15-26-28-25(21)24(27-22)19-7-5-18(6-8-19)16-29-10-12-32-13-11-29;1-2-18(13-23-7-1)20-12-19-14-24-26-22(19)21(25-20)17-5-3-16(4-6-17)15-27-8-10-28-11-9-27/h6-9,15-16,21H,4-5,10-14,17-18H2,1-3H3,(H,28,30);2,5-8,14-15,20H,1,3-4,9-13,16-17H2,(H,26,28);3-6,12,14,18,23H,1-2,7-11,13,15H2,(H,24,26). The van der Waals surface area contributed by atoms with E-state index in [0.717, 1.165) is 228 Å². The topological polar surface area (TPSA) is 224 Å². The Labute approximate surface area is 556 Å². The van der Waals surface area contributed by atoms with Crippen molar-refractivity contribution in [1.29, 1.82) is 0 Å². The Balaban J connectivity index is 0.000000130. The van der Waals surface area contributed by atoms with Crippen molar-refractivity contribution in [2.24, 2.45) is 0 Å². The van der Waals surface area contributed by atoms with Gasteiger partial charge in [0.05, 0.1) is 91.9 Å². The first kappa shape index (κ1) is 65.4. The highest BCUT2D eigenvalue weighted by molar-refractivity contribution is 5.93. The van der Waals surface area contributed by atoms with E-state index in [-0.39, 0.29) is 23.8 Å². The largest absolute Gasteiger partial charge is 0.444 e. The Kier molecular flexibility index (Phi) is 21.1. The van der Waals surface area contributed by atoms with E-state index in [2.05, 4.69) is 148 Å². The zero-order chi connectivity index (χ0) is 65.1. The number of carbonyl (C=O) groups is 2. The number of piperidine rings is 3. The molecule has 3 unspecified atom stereocenters. The molecular weight excluding hydrogens is 1190 g/mol. The number of rotatable bonds is 13. The molecule has 0 saturated carbocycles. The average molecular weight is 1290 g/mol. The number of ether oxygens (including phenoxy) is 4. The number of morpholine rings is 3. The fraction of sp³-hybridized carbons (Fsp3) is 0.459. The van der Waals surface area contributed by atoms with Crippen molar-refractivity contribution < 1.29 is 28.5 Å². The van der Waals surface area contributed by atoms with E-state index in [9.17, 15) is 9.59 Å². The van der Waals surface area contributed by atoms with Crippen LogP contribution in [0.1, 0.15) is 111 Å². The second kappa shape index (κ2) is 30.6. The summed E-state index contributed by atoms with van der Waals surface area (Å²) in [6.07, 6.45) is 13.1. The number of hydrogen-bond donors (Lipinski definition) is 4. The summed E-state index contributed by atoms with van der Waals surface area (Å²) in [6.45, 7) is 27.9. The molecule has 15 rings (SSSR count). The quantitative estimate of drug-likeness (QED) is 0.0788. The smallest absolute Gasteiger partial charge is 0.410 e. The van der Waals surface area contributed by atoms with E-state index < -0.39 is 5.60 Å². The zero-order valence-electron chi connectivity index (χ0n) is 55.4. The van der Waals surface area contributed by atoms with Gasteiger partial charge in [-0.3, -0.25) is 49.7 Å². The Morgan fingerprint density at radius 3 is 1.25 bits per heavy atom. The molecule has 0 spiro atoms. The number of aromatic nitrogens is 9. The Hall–Kier alpha value is -8.28. The molecule has 0 aliphatic carbocycles. The van der Waals surface area contributed by atoms with Crippen LogP contribution in [0.15, 0.2) is 122 Å². The van der Waals surface area contributed by atoms with Crippen LogP contribution in [0, 0.1) is 0 Å². The van der Waals surface area contributed by atoms with Crippen LogP contribution in [0.4, 0.5) is 4.79 Å². The molecule has 9 aromatic rings. The molecule has 21 nitrogen and oxygen atoms in total. The minimum absolute atomic E-state index is 0.00447. The summed E-state index contributed by atoms with van der Waals surface area (Å²) in [6, 6.07) is 32.6. The lowest BCUT2D eigenvalue weighted by molar-refractivity contribution is -0.127. The first-order valence-electron chi connectivity index (χ1n) is 34.2. The number of amides is 2. The van der Waals surface area contributed by atoms with E-state index in [1.807, 2.05) is 49.2 Å². The molecule has 6 aliphatic rings. The van der Waals surface area contributed by atoms with Gasteiger partial charge in [0.15, 0.2) is 0 Å². The molecule has 12 heterocycles. The summed E-state index contributed by atoms with van der Waals surface area (Å²) >= 11 is 0. The van der Waals surface area contributed by atoms with Crippen LogP contribution in [0.5, 0.6) is 0 Å². The molecule has 4 N–H and O–H groups in total. The van der Waals surface area contributed by atoms with Crippen molar-refractivity contribution in [1.82, 2.24) is 75.4 Å². The minimum atomic E-state index is -0.501. The number of nitrogens with one attached hydrogen (secondary N) is 4. The second-order valence-electron chi connectivity index (χ2n) is 27.1. The minimum Gasteiger partial charge on any atom is -0.444 e. The Bertz CT molecular complexity index is 4010. The lowest BCUT2D eigenvalue weighted by Crippen LogP contribution is -2.42. The van der Waals surface area contributed by atoms with Crippen molar-refractivity contribution in [2.75, 3.05) is 118 Å². The first-order chi connectivity index (χ1) is 46.4. The van der Waals surface area contributed by atoms with Crippen molar-refractivity contribution in [3.8, 4) is 33.8 Å². The molecule has 3 atom stereocenters. The maximum atomic E-state index is 12.7. The van der Waals surface area contributed by atoms with Gasteiger partial charge in [0.2, 0.25) is 5.91 Å². The monoisotopic (exact) mass is 1290 g/mol. The van der Waals surface area contributed by atoms with Crippen LogP contribution < -0.4 is 5.32 Å². The molecule has 21 heteroatoms. The average Bonchev–Trinajstić information content (AvgIpc) is 1.78. The summed E-state index contributed by atoms with van der Waals surface area (Å²) in [7, 11) is 0. The lowest BCUT2D eigenvalue weighted by atomic mass is 9.93. The van der Waals surface area contributed by atoms with E-state index in [1.165, 1.54) is 41.3 Å². The lowest BCUT2D eigenvalue weighted by Gasteiger charge is -2.34. The molecule has 498 valence electrons. The number of carbonyl (C=O) groups excluding carboxylic acids is 2. The molecule has 3 aromatic carbocycles. The number of nitrogens with zero attached hydrogens (tertiary/aromatic N) is 11. The van der Waals surface area contributed by atoms with Crippen LogP contribution in [0.2, 0.25) is 0 Å². The van der Waals surface area contributed by atoms with Crippen LogP contribution in [0.25, 0.3) is 66.5 Å². The van der Waals surface area contributed by atoms with E-state index in [0.29, 0.717) is 19.0 Å². The van der Waals surface area contributed by atoms with Crippen molar-refractivity contribution in [3.05, 3.63) is 156 Å². The van der Waals surface area contributed by atoms with Gasteiger partial charge in [-0.2, -0.15) is 15.3 Å². The van der Waals surface area contributed by atoms with Gasteiger partial charge < -0.3 is 34.1 Å². The van der Waals surface area contributed by atoms with Crippen LogP contribution >= 0.6 is 0 Å². The predicted octanol–water partition coefficient (Wildman–Crippen LogP) is 10.8. The third-order valence-electron chi connectivity index (χ3n) is 19.1. The highest BCUT2D eigenvalue weighted by Crippen LogP contribution is 2.36. The molecular formula is C74H91N15O6. The number of H-pyrrole nitrogens is 3. The number of aromatic amines is 3. The van der Waals surface area contributed by atoms with Gasteiger partial charge in [-0.05, 0) is 107 Å². The Morgan fingerprint density at radius 1 is 0.516 bits per heavy atom. The van der Waals surface area contributed by atoms with Gasteiger partial charge in [-0.1, -0.05) is 79.4 Å². The maximum Gasteiger partial charge on any atom is 0.410 e. The van der Waals surface area contributed by atoms with Crippen LogP contribution in [-0.2, 0) is 43.4 Å². The van der Waals surface area contributed by atoms with Crippen molar-refractivity contribution in [3.63, 3.8) is 0 Å². The van der Waals surface area contributed by atoms with E-state index in [1.54, 1.807) is 0 Å². The summed E-state index contributed by atoms with van der Waals surface area (Å²) < 4.78 is 22.0. The number of likely N-dealkylation sites (tertiary alicyclic amines) is 2. The number of pyridine rings is 3. The zero-order valence-corrected chi connectivity index (χ0v) is 55.4. The SMILES string of the molecule is C=CC(=O)N1CCCC(c2cc3cn[nH]c3c(-c3ccc(CN4CCOCC4)cc3)n2)C1.CC(C)(C)OC(=O)N1CCCC(c2cc3cn[nH]c3c(-c3ccc(CN4CCOCC4)cc3)n2)C1.c1cc(-c2nc(C3CCCNC3)cc3cn[nH]c23)ccc1CN1CCOCC1. The fourth-order valence-electron chi connectivity index (χ4n) is 13.9. The summed E-state index contributed by atoms with van der Waals surface area (Å²) in [5.41, 5.74) is 15.6. The van der Waals surface area contributed by atoms with Crippen LogP contribution in [0.3, 0.4) is 0 Å². The fourth-order valence-corrected chi connectivity index (χ4v) is 13.9. The molecule has 95 heavy (non-hydrogen) atoms. The van der Waals surface area contributed by atoms with Crippen LogP contribution in [-0.4, -0.2) is 206 Å². The molecule has 0 bridgehead atoms. The maximum absolute atomic E-state index is 12.7. The summed E-state index contributed by atoms with van der Waals surface area (Å²) in [4.78, 5) is 51.1. The number of hydrogen-bond acceptors (Lipinski definition) is 16. The Morgan fingerprint density at radius 2 is 0.884 bits per heavy atom. The third-order valence-corrected chi connectivity index (χ3v) is 19.1. The number of benzene rings is 3. The van der Waals surface area contributed by atoms with Gasteiger partial charge in [-0.25, -0.2) is 4.79 Å². The summed E-state index contributed by atoms with van der Waals surface area (Å²) in [5.74, 6) is 0.851. The normalized spacial score (nSPS) is 20.2. The van der Waals surface area contributed by atoms with Gasteiger partial charge in [0.1, 0.15) is 5.60 Å². The van der Waals surface area contributed by atoms with Gasteiger partial charge in [0.25, 0.3) is 0 Å². The molecule has 2 amide bonds. The highest BCUT2D eigenvalue weighted by atomic mass is 16.6. The summed E-state index contributed by atoms with van der Waals surface area (Å²) in [5, 5.41) is 29.0.